The second-order valence-corrected chi connectivity index (χ2v) is 12.6. The van der Waals surface area contributed by atoms with Crippen molar-refractivity contribution in [2.45, 2.75) is 81.7 Å². The molecule has 2 aromatic carbocycles. The van der Waals surface area contributed by atoms with Crippen LogP contribution in [0, 0.1) is 0 Å². The number of carbonyl (C=O) groups is 5. The highest BCUT2D eigenvalue weighted by atomic mass is 19.4. The van der Waals surface area contributed by atoms with Gasteiger partial charge >= 0.3 is 24.2 Å². The highest BCUT2D eigenvalue weighted by molar-refractivity contribution is 6.32. The number of rotatable bonds is 8. The Kier molecular flexibility index (Phi) is 10.1. The summed E-state index contributed by atoms with van der Waals surface area (Å²) in [7, 11) is 0. The molecule has 1 fully saturated rings. The number of aliphatic hydroxyl groups is 2. The van der Waals surface area contributed by atoms with E-state index >= 15 is 0 Å². The van der Waals surface area contributed by atoms with Crippen molar-refractivity contribution in [3.63, 3.8) is 0 Å². The summed E-state index contributed by atoms with van der Waals surface area (Å²) in [6.45, 7) is 1.35. The molecule has 0 bridgehead atoms. The van der Waals surface area contributed by atoms with Crippen molar-refractivity contribution in [2.75, 3.05) is 18.4 Å². The first-order valence-electron chi connectivity index (χ1n) is 15.6. The van der Waals surface area contributed by atoms with Gasteiger partial charge in [0.15, 0.2) is 23.6 Å². The quantitative estimate of drug-likeness (QED) is 0.0997. The summed E-state index contributed by atoms with van der Waals surface area (Å²) in [5, 5.41) is 50.8. The van der Waals surface area contributed by atoms with Gasteiger partial charge in [0, 0.05) is 54.7 Å². The second-order valence-electron chi connectivity index (χ2n) is 12.6. The van der Waals surface area contributed by atoms with E-state index in [1.165, 1.54) is 25.1 Å². The largest absolute Gasteiger partial charge is 0.507 e. The lowest BCUT2D eigenvalue weighted by Crippen LogP contribution is -2.57. The number of alkyl halides is 6. The number of phenols is 2. The van der Waals surface area contributed by atoms with Crippen LogP contribution in [0.5, 0.6) is 11.5 Å². The van der Waals surface area contributed by atoms with Gasteiger partial charge in [-0.2, -0.15) is 26.3 Å². The van der Waals surface area contributed by atoms with Gasteiger partial charge in [-0.05, 0) is 19.9 Å². The molecule has 282 valence electrons. The number of aromatic hydroxyl groups is 2. The van der Waals surface area contributed by atoms with E-state index < -0.39 is 126 Å². The van der Waals surface area contributed by atoms with Crippen LogP contribution in [-0.2, 0) is 30.3 Å². The monoisotopic (exact) mass is 747 g/mol. The van der Waals surface area contributed by atoms with Crippen molar-refractivity contribution in [1.29, 1.82) is 0 Å². The van der Waals surface area contributed by atoms with Crippen molar-refractivity contribution < 1.29 is 80.2 Å². The zero-order valence-electron chi connectivity index (χ0n) is 27.1. The molecular formula is C32H31F6N3O11. The normalized spacial score (nSPS) is 25.8. The Balaban J connectivity index is 1.52. The third kappa shape index (κ3) is 7.02. The third-order valence-electron chi connectivity index (χ3n) is 9.13. The van der Waals surface area contributed by atoms with Crippen LogP contribution in [-0.4, -0.2) is 105 Å². The first-order valence-corrected chi connectivity index (χ1v) is 15.6. The standard InChI is InChI=1S/C32H31F6N3O11/c1-11-23(43)16(41-29(49)32(36,37)38)8-18(51-11)52-17-10-30(50,12(2)42)9-14-20(17)27(47)22-21(25(14)45)24(44)13-4-3-5-15(19(13)26(22)46)39-6-7-40-28(48)31(33,34)35/h3-5,11,16-18,23,39,43,45,47,50H,6-10H2,1-2H3,(H,40,48)(H,41,49). The van der Waals surface area contributed by atoms with Gasteiger partial charge < -0.3 is 45.9 Å². The Bertz CT molecular complexity index is 1850. The Hall–Kier alpha value is -4.79. The van der Waals surface area contributed by atoms with Crippen molar-refractivity contribution in [1.82, 2.24) is 10.6 Å². The highest BCUT2D eigenvalue weighted by Crippen LogP contribution is 2.52. The lowest BCUT2D eigenvalue weighted by molar-refractivity contribution is -0.250. The lowest BCUT2D eigenvalue weighted by Gasteiger charge is -2.42. The van der Waals surface area contributed by atoms with Crippen LogP contribution in [0.3, 0.4) is 0 Å². The maximum atomic E-state index is 14.0. The second kappa shape index (κ2) is 13.6. The van der Waals surface area contributed by atoms with Gasteiger partial charge in [-0.1, -0.05) is 12.1 Å². The summed E-state index contributed by atoms with van der Waals surface area (Å²) in [5.74, 6) is -9.30. The number of hydrogen-bond acceptors (Lipinski definition) is 12. The molecule has 6 atom stereocenters. The van der Waals surface area contributed by atoms with E-state index in [1.807, 2.05) is 0 Å². The molecule has 3 aliphatic rings. The summed E-state index contributed by atoms with van der Waals surface area (Å²) in [6.07, 6.45) is -18.5. The predicted octanol–water partition coefficient (Wildman–Crippen LogP) is 1.83. The molecule has 0 aromatic heterocycles. The Morgan fingerprint density at radius 1 is 0.962 bits per heavy atom. The summed E-state index contributed by atoms with van der Waals surface area (Å²) >= 11 is 0. The molecule has 52 heavy (non-hydrogen) atoms. The number of amides is 2. The summed E-state index contributed by atoms with van der Waals surface area (Å²) < 4.78 is 88.2. The van der Waals surface area contributed by atoms with Crippen LogP contribution < -0.4 is 16.0 Å². The fourth-order valence-electron chi connectivity index (χ4n) is 6.50. The zero-order valence-corrected chi connectivity index (χ0v) is 27.1. The zero-order chi connectivity index (χ0) is 38.7. The summed E-state index contributed by atoms with van der Waals surface area (Å²) in [5.41, 5.74) is -5.25. The number of carbonyl (C=O) groups excluding carboxylic acids is 5. The van der Waals surface area contributed by atoms with Crippen LogP contribution in [0.25, 0.3) is 0 Å². The number of halogens is 6. The van der Waals surface area contributed by atoms with Gasteiger partial charge in [-0.3, -0.25) is 24.0 Å². The van der Waals surface area contributed by atoms with Gasteiger partial charge in [0.05, 0.1) is 34.9 Å². The number of aliphatic hydroxyl groups excluding tert-OH is 1. The van der Waals surface area contributed by atoms with E-state index in [0.717, 1.165) is 6.92 Å². The number of anilines is 1. The fraction of sp³-hybridized carbons (Fsp3) is 0.469. The number of phenolic OH excluding ortho intramolecular Hbond substituents is 2. The number of ether oxygens (including phenoxy) is 2. The lowest BCUT2D eigenvalue weighted by atomic mass is 9.72. The number of benzene rings is 2. The first kappa shape index (κ1) is 38.4. The molecule has 0 spiro atoms. The molecule has 0 radical (unpaired) electrons. The molecule has 2 amide bonds. The molecule has 1 aliphatic heterocycles. The summed E-state index contributed by atoms with van der Waals surface area (Å²) in [4.78, 5) is 63.3. The molecule has 7 N–H and O–H groups in total. The smallest absolute Gasteiger partial charge is 0.471 e. The Morgan fingerprint density at radius 3 is 2.21 bits per heavy atom. The maximum Gasteiger partial charge on any atom is 0.471 e. The van der Waals surface area contributed by atoms with Crippen molar-refractivity contribution in [2.24, 2.45) is 0 Å². The molecule has 2 aliphatic carbocycles. The number of fused-ring (bicyclic) bond motifs is 3. The van der Waals surface area contributed by atoms with Gasteiger partial charge in [0.25, 0.3) is 0 Å². The van der Waals surface area contributed by atoms with Crippen molar-refractivity contribution >= 4 is 34.9 Å². The van der Waals surface area contributed by atoms with E-state index in [-0.39, 0.29) is 34.5 Å². The Labute approximate surface area is 289 Å². The summed E-state index contributed by atoms with van der Waals surface area (Å²) in [6, 6.07) is 2.23. The van der Waals surface area contributed by atoms with Crippen LogP contribution in [0.4, 0.5) is 32.0 Å². The molecule has 20 heteroatoms. The Morgan fingerprint density at radius 2 is 1.60 bits per heavy atom. The molecule has 1 heterocycles. The molecule has 1 saturated heterocycles. The maximum absolute atomic E-state index is 14.0. The van der Waals surface area contributed by atoms with E-state index in [4.69, 9.17) is 9.47 Å². The molecular weight excluding hydrogens is 716 g/mol. The molecule has 5 rings (SSSR count). The van der Waals surface area contributed by atoms with Crippen LogP contribution in [0.1, 0.15) is 75.8 Å². The van der Waals surface area contributed by atoms with Crippen LogP contribution in [0.2, 0.25) is 0 Å². The van der Waals surface area contributed by atoms with E-state index in [2.05, 4.69) is 5.32 Å². The van der Waals surface area contributed by atoms with Crippen LogP contribution in [0.15, 0.2) is 18.2 Å². The van der Waals surface area contributed by atoms with E-state index in [1.54, 1.807) is 10.6 Å². The van der Waals surface area contributed by atoms with Gasteiger partial charge in [0.1, 0.15) is 23.2 Å². The first-order chi connectivity index (χ1) is 24.1. The molecule has 6 unspecified atom stereocenters. The average molecular weight is 748 g/mol. The minimum absolute atomic E-state index is 0.0896. The number of nitrogens with one attached hydrogen (secondary N) is 3. The minimum atomic E-state index is -5.30. The average Bonchev–Trinajstić information content (AvgIpc) is 3.04. The van der Waals surface area contributed by atoms with Crippen molar-refractivity contribution in [3.05, 3.63) is 51.6 Å². The van der Waals surface area contributed by atoms with Gasteiger partial charge in [-0.15, -0.1) is 0 Å². The van der Waals surface area contributed by atoms with E-state index in [0.29, 0.717) is 0 Å². The number of hydrogen-bond donors (Lipinski definition) is 7. The SMILES string of the molecule is CC(=O)C1(O)Cc2c(O)c3c(c(O)c2C(OC2CC(NC(=O)C(F)(F)F)C(O)C(C)O2)C1)C(=O)c1c(NCCNC(=O)C(F)(F)F)cccc1C3=O. The van der Waals surface area contributed by atoms with Gasteiger partial charge in [-0.25, -0.2) is 0 Å². The van der Waals surface area contributed by atoms with E-state index in [9.17, 15) is 70.7 Å². The van der Waals surface area contributed by atoms with Crippen LogP contribution >= 0.6 is 0 Å². The highest BCUT2D eigenvalue weighted by Gasteiger charge is 2.50. The molecule has 0 saturated carbocycles. The van der Waals surface area contributed by atoms with Crippen molar-refractivity contribution in [3.8, 4) is 11.5 Å². The molecule has 14 nitrogen and oxygen atoms in total. The minimum Gasteiger partial charge on any atom is -0.507 e. The number of ketones is 3. The van der Waals surface area contributed by atoms with Gasteiger partial charge in [0.2, 0.25) is 0 Å². The fourth-order valence-corrected chi connectivity index (χ4v) is 6.50. The topological polar surface area (TPSA) is 221 Å². The number of Topliss-reactive ketones (excluding diaryl/α,β-unsaturated/α-hetero) is 1. The molecule has 2 aromatic rings. The third-order valence-corrected chi connectivity index (χ3v) is 9.13. The predicted molar refractivity (Wildman–Crippen MR) is 161 cm³/mol.